The number of imidazole rings is 1. The summed E-state index contributed by atoms with van der Waals surface area (Å²) in [7, 11) is 1.39. The molecule has 0 unspecified atom stereocenters. The Balaban J connectivity index is 1.81. The maximum absolute atomic E-state index is 12.4. The molecule has 1 aromatic heterocycles. The van der Waals surface area contributed by atoms with E-state index in [1.165, 1.54) is 0 Å². The number of ketones is 1. The second-order valence-corrected chi connectivity index (χ2v) is 6.90. The first-order valence-corrected chi connectivity index (χ1v) is 7.69. The monoisotopic (exact) mass is 312 g/mol. The average molecular weight is 312 g/mol. The van der Waals surface area contributed by atoms with Crippen LogP contribution in [0.5, 0.6) is 0 Å². The molecule has 5 nitrogen and oxygen atoms in total. The molecule has 1 aliphatic rings. The normalized spacial score (nSPS) is 19.1. The largest absolute Gasteiger partial charge is 0.494 e. The lowest BCUT2D eigenvalue weighted by molar-refractivity contribution is 0.00578. The second kappa shape index (κ2) is 5.32. The van der Waals surface area contributed by atoms with Crippen LogP contribution in [0.1, 0.15) is 43.9 Å². The predicted molar refractivity (Wildman–Crippen MR) is 88.8 cm³/mol. The van der Waals surface area contributed by atoms with Crippen molar-refractivity contribution in [2.45, 2.75) is 38.9 Å². The van der Waals surface area contributed by atoms with Crippen molar-refractivity contribution in [1.82, 2.24) is 9.55 Å². The van der Waals surface area contributed by atoms with E-state index in [2.05, 4.69) is 4.98 Å². The summed E-state index contributed by atoms with van der Waals surface area (Å²) in [5, 5.41) is 0. The number of carbonyl (C=O) groups is 1. The van der Waals surface area contributed by atoms with Crippen molar-refractivity contribution in [3.05, 3.63) is 48.0 Å². The smallest absolute Gasteiger partial charge is 0.399 e. The standard InChI is InChI=1S/C17H21BN2O3/c1-16(2)17(3,4)23-18(22-16)13-8-6-12(7-9-13)14(21)15-19-10-11-20(15)5/h6-11H,1-5H3. The molecule has 1 aliphatic heterocycles. The Bertz CT molecular complexity index is 719. The van der Waals surface area contributed by atoms with E-state index in [1.807, 2.05) is 39.8 Å². The first kappa shape index (κ1) is 16.0. The SMILES string of the molecule is Cn1ccnc1C(=O)c1ccc(B2OC(C)(C)C(C)(C)O2)cc1. The lowest BCUT2D eigenvalue weighted by Crippen LogP contribution is -2.41. The Morgan fingerprint density at radius 1 is 1.09 bits per heavy atom. The van der Waals surface area contributed by atoms with Gasteiger partial charge in [-0.3, -0.25) is 4.79 Å². The summed E-state index contributed by atoms with van der Waals surface area (Å²) in [5.41, 5.74) is 0.748. The summed E-state index contributed by atoms with van der Waals surface area (Å²) in [5.74, 6) is 0.325. The van der Waals surface area contributed by atoms with Crippen molar-refractivity contribution in [2.75, 3.05) is 0 Å². The van der Waals surface area contributed by atoms with E-state index in [0.29, 0.717) is 11.4 Å². The molecular weight excluding hydrogens is 291 g/mol. The third-order valence-corrected chi connectivity index (χ3v) is 4.72. The van der Waals surface area contributed by atoms with E-state index in [4.69, 9.17) is 9.31 Å². The van der Waals surface area contributed by atoms with E-state index in [0.717, 1.165) is 5.46 Å². The number of aromatic nitrogens is 2. The summed E-state index contributed by atoms with van der Waals surface area (Å²) < 4.78 is 13.7. The van der Waals surface area contributed by atoms with E-state index < -0.39 is 7.12 Å². The molecule has 0 atom stereocenters. The van der Waals surface area contributed by atoms with Gasteiger partial charge in [-0.25, -0.2) is 4.98 Å². The van der Waals surface area contributed by atoms with Gasteiger partial charge in [0.1, 0.15) is 0 Å². The van der Waals surface area contributed by atoms with Crippen LogP contribution in [0.15, 0.2) is 36.7 Å². The number of rotatable bonds is 3. The Labute approximate surface area is 136 Å². The molecule has 2 heterocycles. The first-order chi connectivity index (χ1) is 10.7. The minimum absolute atomic E-state index is 0.0991. The minimum atomic E-state index is -0.419. The predicted octanol–water partition coefficient (Wildman–Crippen LogP) is 1.95. The van der Waals surface area contributed by atoms with Crippen LogP contribution >= 0.6 is 0 Å². The fourth-order valence-electron chi connectivity index (χ4n) is 2.48. The highest BCUT2D eigenvalue weighted by molar-refractivity contribution is 6.62. The van der Waals surface area contributed by atoms with Crippen molar-refractivity contribution in [1.29, 1.82) is 0 Å². The summed E-state index contributed by atoms with van der Waals surface area (Å²) in [6, 6.07) is 7.32. The van der Waals surface area contributed by atoms with Crippen LogP contribution < -0.4 is 5.46 Å². The topological polar surface area (TPSA) is 53.4 Å². The van der Waals surface area contributed by atoms with E-state index in [-0.39, 0.29) is 17.0 Å². The molecule has 0 amide bonds. The number of benzene rings is 1. The molecule has 23 heavy (non-hydrogen) atoms. The van der Waals surface area contributed by atoms with Gasteiger partial charge in [0.25, 0.3) is 0 Å². The van der Waals surface area contributed by atoms with Crippen LogP contribution in [-0.2, 0) is 16.4 Å². The number of nitrogens with zero attached hydrogens (tertiary/aromatic N) is 2. The number of carbonyl (C=O) groups excluding carboxylic acids is 1. The molecule has 1 aromatic carbocycles. The van der Waals surface area contributed by atoms with Gasteiger partial charge in [0.15, 0.2) is 5.82 Å². The van der Waals surface area contributed by atoms with Gasteiger partial charge in [-0.15, -0.1) is 0 Å². The molecular formula is C17H21BN2O3. The Kier molecular flexibility index (Phi) is 3.69. The number of hydrogen-bond donors (Lipinski definition) is 0. The van der Waals surface area contributed by atoms with Crippen LogP contribution in [-0.4, -0.2) is 33.7 Å². The highest BCUT2D eigenvalue weighted by atomic mass is 16.7. The average Bonchev–Trinajstić information content (AvgIpc) is 2.99. The fraction of sp³-hybridized carbons (Fsp3) is 0.412. The Morgan fingerprint density at radius 3 is 2.13 bits per heavy atom. The van der Waals surface area contributed by atoms with Gasteiger partial charge < -0.3 is 13.9 Å². The number of aryl methyl sites for hydroxylation is 1. The molecule has 0 saturated carbocycles. The van der Waals surface area contributed by atoms with Gasteiger partial charge in [-0.2, -0.15) is 0 Å². The maximum Gasteiger partial charge on any atom is 0.494 e. The minimum Gasteiger partial charge on any atom is -0.399 e. The molecule has 2 aromatic rings. The summed E-state index contributed by atoms with van der Waals surface area (Å²) in [4.78, 5) is 16.5. The summed E-state index contributed by atoms with van der Waals surface area (Å²) in [6.45, 7) is 8.08. The van der Waals surface area contributed by atoms with Gasteiger partial charge in [0, 0.05) is 25.0 Å². The van der Waals surface area contributed by atoms with E-state index >= 15 is 0 Å². The van der Waals surface area contributed by atoms with Crippen molar-refractivity contribution in [3.63, 3.8) is 0 Å². The molecule has 1 saturated heterocycles. The van der Waals surface area contributed by atoms with Gasteiger partial charge in [0.05, 0.1) is 11.2 Å². The molecule has 0 bridgehead atoms. The molecule has 0 spiro atoms. The van der Waals surface area contributed by atoms with Crippen LogP contribution in [0.4, 0.5) is 0 Å². The van der Waals surface area contributed by atoms with Crippen molar-refractivity contribution >= 4 is 18.4 Å². The van der Waals surface area contributed by atoms with E-state index in [1.54, 1.807) is 36.1 Å². The van der Waals surface area contributed by atoms with Crippen molar-refractivity contribution in [2.24, 2.45) is 7.05 Å². The Hall–Kier alpha value is -1.92. The van der Waals surface area contributed by atoms with Crippen LogP contribution in [0.3, 0.4) is 0 Å². The van der Waals surface area contributed by atoms with Gasteiger partial charge in [-0.1, -0.05) is 24.3 Å². The molecule has 0 radical (unpaired) electrons. The first-order valence-electron chi connectivity index (χ1n) is 7.69. The highest BCUT2D eigenvalue weighted by Crippen LogP contribution is 2.36. The van der Waals surface area contributed by atoms with Gasteiger partial charge >= 0.3 is 7.12 Å². The molecule has 3 rings (SSSR count). The third-order valence-electron chi connectivity index (χ3n) is 4.72. The molecule has 1 fully saturated rings. The van der Waals surface area contributed by atoms with Crippen molar-refractivity contribution in [3.8, 4) is 0 Å². The summed E-state index contributed by atoms with van der Waals surface area (Å²) in [6.07, 6.45) is 3.37. The zero-order chi connectivity index (χ0) is 16.8. The lowest BCUT2D eigenvalue weighted by Gasteiger charge is -2.32. The molecule has 6 heteroatoms. The lowest BCUT2D eigenvalue weighted by atomic mass is 9.78. The van der Waals surface area contributed by atoms with Crippen LogP contribution in [0.25, 0.3) is 0 Å². The maximum atomic E-state index is 12.4. The second-order valence-electron chi connectivity index (χ2n) is 6.90. The van der Waals surface area contributed by atoms with Crippen LogP contribution in [0, 0.1) is 0 Å². The zero-order valence-corrected chi connectivity index (χ0v) is 14.2. The zero-order valence-electron chi connectivity index (χ0n) is 14.2. The molecule has 0 N–H and O–H groups in total. The Morgan fingerprint density at radius 2 is 1.65 bits per heavy atom. The molecule has 0 aliphatic carbocycles. The van der Waals surface area contributed by atoms with Crippen LogP contribution in [0.2, 0.25) is 0 Å². The van der Waals surface area contributed by atoms with E-state index in [9.17, 15) is 4.79 Å². The highest BCUT2D eigenvalue weighted by Gasteiger charge is 2.51. The number of hydrogen-bond acceptors (Lipinski definition) is 4. The van der Waals surface area contributed by atoms with Crippen molar-refractivity contribution < 1.29 is 14.1 Å². The van der Waals surface area contributed by atoms with Gasteiger partial charge in [-0.05, 0) is 33.2 Å². The van der Waals surface area contributed by atoms with Gasteiger partial charge in [0.2, 0.25) is 5.78 Å². The third kappa shape index (κ3) is 2.73. The quantitative estimate of drug-likeness (QED) is 0.642. The fourth-order valence-corrected chi connectivity index (χ4v) is 2.48. The molecule has 120 valence electrons. The summed E-state index contributed by atoms with van der Waals surface area (Å²) >= 11 is 0.